The smallest absolute Gasteiger partial charge is 0.152 e. The van der Waals surface area contributed by atoms with Gasteiger partial charge in [0.05, 0.1) is 11.9 Å². The Balaban J connectivity index is 1.63. The molecule has 0 atom stereocenters. The van der Waals surface area contributed by atoms with Gasteiger partial charge in [-0.15, -0.1) is 11.3 Å². The van der Waals surface area contributed by atoms with Gasteiger partial charge in [-0.25, -0.2) is 15.8 Å². The Labute approximate surface area is 128 Å². The van der Waals surface area contributed by atoms with Gasteiger partial charge >= 0.3 is 0 Å². The molecule has 21 heavy (non-hydrogen) atoms. The molecule has 1 saturated heterocycles. The fourth-order valence-corrected chi connectivity index (χ4v) is 3.50. The van der Waals surface area contributed by atoms with Crippen LogP contribution in [0.25, 0.3) is 10.2 Å². The van der Waals surface area contributed by atoms with E-state index >= 15 is 0 Å². The third-order valence-electron chi connectivity index (χ3n) is 3.92. The summed E-state index contributed by atoms with van der Waals surface area (Å²) in [4.78, 5) is 14.9. The molecule has 1 aliphatic rings. The first-order valence-corrected chi connectivity index (χ1v) is 8.26. The van der Waals surface area contributed by atoms with E-state index in [0.717, 1.165) is 35.7 Å². The van der Waals surface area contributed by atoms with Crippen LogP contribution in [0.5, 0.6) is 0 Å². The maximum absolute atomic E-state index is 5.56. The van der Waals surface area contributed by atoms with Gasteiger partial charge in [-0.2, -0.15) is 0 Å². The number of nitrogens with one attached hydrogen (secondary N) is 1. The van der Waals surface area contributed by atoms with Gasteiger partial charge in [-0.05, 0) is 44.4 Å². The lowest BCUT2D eigenvalue weighted by molar-refractivity contribution is 0.249. The van der Waals surface area contributed by atoms with Gasteiger partial charge in [0.1, 0.15) is 10.7 Å². The first kappa shape index (κ1) is 14.6. The van der Waals surface area contributed by atoms with E-state index in [1.54, 1.807) is 11.3 Å². The number of thiophene rings is 1. The molecule has 0 unspecified atom stereocenters. The summed E-state index contributed by atoms with van der Waals surface area (Å²) in [5.41, 5.74) is 2.68. The van der Waals surface area contributed by atoms with Crippen LogP contribution < -0.4 is 11.3 Å². The van der Waals surface area contributed by atoms with Crippen molar-refractivity contribution in [1.82, 2.24) is 19.8 Å². The molecular formula is C14H22N6S. The molecular weight excluding hydrogens is 284 g/mol. The number of fused-ring (bicyclic) bond motifs is 1. The van der Waals surface area contributed by atoms with E-state index in [0.29, 0.717) is 5.82 Å². The number of likely N-dealkylation sites (tertiary alicyclic amines) is 1. The van der Waals surface area contributed by atoms with Crippen molar-refractivity contribution < 1.29 is 0 Å². The van der Waals surface area contributed by atoms with Crippen LogP contribution in [-0.4, -0.2) is 53.0 Å². The summed E-state index contributed by atoms with van der Waals surface area (Å²) in [5, 5.41) is 3.01. The second-order valence-corrected chi connectivity index (χ2v) is 6.45. The highest BCUT2D eigenvalue weighted by Crippen LogP contribution is 2.24. The predicted octanol–water partition coefficient (Wildman–Crippen LogP) is 1.50. The Kier molecular flexibility index (Phi) is 4.64. The molecule has 0 aromatic carbocycles. The van der Waals surface area contributed by atoms with Crippen molar-refractivity contribution in [3.63, 3.8) is 0 Å². The predicted molar refractivity (Wildman–Crippen MR) is 87.2 cm³/mol. The molecule has 3 heterocycles. The van der Waals surface area contributed by atoms with E-state index in [-0.39, 0.29) is 0 Å². The Hall–Kier alpha value is -1.28. The molecule has 0 radical (unpaired) electrons. The molecule has 0 saturated carbocycles. The summed E-state index contributed by atoms with van der Waals surface area (Å²) >= 11 is 1.62. The van der Waals surface area contributed by atoms with Gasteiger partial charge in [0.15, 0.2) is 5.82 Å². The number of hydrazine groups is 1. The van der Waals surface area contributed by atoms with Gasteiger partial charge in [0.2, 0.25) is 0 Å². The van der Waals surface area contributed by atoms with E-state index in [1.165, 1.54) is 25.9 Å². The molecule has 0 aliphatic carbocycles. The number of likely N-dealkylation sites (N-methyl/N-ethyl adjacent to an activating group) is 1. The van der Waals surface area contributed by atoms with E-state index in [1.807, 2.05) is 11.4 Å². The van der Waals surface area contributed by atoms with E-state index < -0.39 is 0 Å². The summed E-state index contributed by atoms with van der Waals surface area (Å²) in [6.45, 7) is 5.40. The maximum atomic E-state index is 5.56. The highest BCUT2D eigenvalue weighted by atomic mass is 32.1. The molecule has 1 aliphatic heterocycles. The maximum Gasteiger partial charge on any atom is 0.152 e. The van der Waals surface area contributed by atoms with Crippen molar-refractivity contribution in [3.8, 4) is 0 Å². The van der Waals surface area contributed by atoms with Crippen LogP contribution in [0.1, 0.15) is 18.7 Å². The van der Waals surface area contributed by atoms with Crippen molar-refractivity contribution in [1.29, 1.82) is 0 Å². The Bertz CT molecular complexity index is 592. The summed E-state index contributed by atoms with van der Waals surface area (Å²) in [5.74, 6) is 7.09. The third-order valence-corrected chi connectivity index (χ3v) is 4.72. The third kappa shape index (κ3) is 3.49. The van der Waals surface area contributed by atoms with Crippen molar-refractivity contribution >= 4 is 27.4 Å². The minimum Gasteiger partial charge on any atom is -0.308 e. The Morgan fingerprint density at radius 3 is 2.95 bits per heavy atom. The molecule has 0 bridgehead atoms. The zero-order valence-corrected chi connectivity index (χ0v) is 13.2. The SMILES string of the molecule is CN(CCN1CCCC1)Cc1nc(NN)c2ccsc2n1. The number of anilines is 1. The molecule has 3 N–H and O–H groups in total. The molecule has 2 aromatic heterocycles. The van der Waals surface area contributed by atoms with Gasteiger partial charge in [0, 0.05) is 13.1 Å². The lowest BCUT2D eigenvalue weighted by Gasteiger charge is -2.20. The Morgan fingerprint density at radius 2 is 2.19 bits per heavy atom. The fraction of sp³-hybridized carbons (Fsp3) is 0.571. The zero-order valence-electron chi connectivity index (χ0n) is 12.4. The van der Waals surface area contributed by atoms with Crippen LogP contribution in [0.15, 0.2) is 11.4 Å². The average molecular weight is 306 g/mol. The van der Waals surface area contributed by atoms with Crippen molar-refractivity contribution in [2.45, 2.75) is 19.4 Å². The molecule has 2 aromatic rings. The van der Waals surface area contributed by atoms with Crippen molar-refractivity contribution in [2.24, 2.45) is 5.84 Å². The zero-order chi connectivity index (χ0) is 14.7. The number of nitrogen functional groups attached to an aromatic ring is 1. The van der Waals surface area contributed by atoms with Crippen LogP contribution in [0, 0.1) is 0 Å². The first-order chi connectivity index (χ1) is 10.3. The van der Waals surface area contributed by atoms with E-state index in [9.17, 15) is 0 Å². The van der Waals surface area contributed by atoms with Crippen LogP contribution in [0.3, 0.4) is 0 Å². The van der Waals surface area contributed by atoms with Crippen LogP contribution >= 0.6 is 11.3 Å². The number of rotatable bonds is 6. The molecule has 6 nitrogen and oxygen atoms in total. The molecule has 3 rings (SSSR count). The quantitative estimate of drug-likeness (QED) is 0.623. The summed E-state index contributed by atoms with van der Waals surface area (Å²) < 4.78 is 0. The normalized spacial score (nSPS) is 16.1. The van der Waals surface area contributed by atoms with E-state index in [2.05, 4.69) is 32.2 Å². The lowest BCUT2D eigenvalue weighted by Crippen LogP contribution is -2.31. The summed E-state index contributed by atoms with van der Waals surface area (Å²) in [7, 11) is 2.12. The van der Waals surface area contributed by atoms with Gasteiger partial charge in [-0.3, -0.25) is 4.90 Å². The molecule has 0 amide bonds. The van der Waals surface area contributed by atoms with E-state index in [4.69, 9.17) is 5.84 Å². The number of aromatic nitrogens is 2. The fourth-order valence-electron chi connectivity index (χ4n) is 2.72. The highest BCUT2D eigenvalue weighted by Gasteiger charge is 2.13. The molecule has 1 fully saturated rings. The van der Waals surface area contributed by atoms with Crippen LogP contribution in [0.2, 0.25) is 0 Å². The average Bonchev–Trinajstić information content (AvgIpc) is 3.15. The lowest BCUT2D eigenvalue weighted by atomic mass is 10.3. The van der Waals surface area contributed by atoms with Crippen molar-refractivity contribution in [3.05, 3.63) is 17.3 Å². The topological polar surface area (TPSA) is 70.3 Å². The minimum absolute atomic E-state index is 0.712. The monoisotopic (exact) mass is 306 g/mol. The Morgan fingerprint density at radius 1 is 1.38 bits per heavy atom. The first-order valence-electron chi connectivity index (χ1n) is 7.38. The van der Waals surface area contributed by atoms with Crippen molar-refractivity contribution in [2.75, 3.05) is 38.7 Å². The summed E-state index contributed by atoms with van der Waals surface area (Å²) in [6, 6.07) is 2.00. The molecule has 114 valence electrons. The second-order valence-electron chi connectivity index (χ2n) is 5.56. The molecule has 7 heteroatoms. The van der Waals surface area contributed by atoms with Crippen LogP contribution in [0.4, 0.5) is 5.82 Å². The van der Waals surface area contributed by atoms with Gasteiger partial charge in [-0.1, -0.05) is 0 Å². The largest absolute Gasteiger partial charge is 0.308 e. The molecule has 0 spiro atoms. The number of nitrogens with two attached hydrogens (primary N) is 1. The standard InChI is InChI=1S/C14H22N6S/c1-19(7-8-20-5-2-3-6-20)10-12-16-13(18-15)11-4-9-21-14(11)17-12/h4,9H,2-3,5-8,10,15H2,1H3,(H,16,17,18). The highest BCUT2D eigenvalue weighted by molar-refractivity contribution is 7.16. The number of hydrogen-bond donors (Lipinski definition) is 2. The van der Waals surface area contributed by atoms with Crippen LogP contribution in [-0.2, 0) is 6.54 Å². The van der Waals surface area contributed by atoms with Gasteiger partial charge < -0.3 is 10.3 Å². The summed E-state index contributed by atoms with van der Waals surface area (Å²) in [6.07, 6.45) is 2.68. The minimum atomic E-state index is 0.712. The van der Waals surface area contributed by atoms with Gasteiger partial charge in [0.25, 0.3) is 0 Å². The second kappa shape index (κ2) is 6.65. The number of nitrogens with zero attached hydrogens (tertiary/aromatic N) is 4. The number of hydrogen-bond acceptors (Lipinski definition) is 7.